The third-order valence-electron chi connectivity index (χ3n) is 5.94. The standard InChI is InChI=1S/C24H27N5O2/c1-4-10-31-20-7-6-16(11-21(20)30-5-2)22-19-13-29(3)9-8-17(19)18(12-25)23(28)24(22,14-26)15-27/h6-8,11,19,22H,4-5,9-10,13,28H2,1-3H3/t19-,22-/m1/s1. The normalized spacial score (nSPS) is 22.4. The third kappa shape index (κ3) is 3.72. The second kappa shape index (κ2) is 9.13. The van der Waals surface area contributed by atoms with Crippen LogP contribution in [0.25, 0.3) is 0 Å². The highest BCUT2D eigenvalue weighted by atomic mass is 16.5. The molecule has 2 aliphatic rings. The van der Waals surface area contributed by atoms with Crippen molar-refractivity contribution in [1.82, 2.24) is 4.90 Å². The predicted molar refractivity (Wildman–Crippen MR) is 116 cm³/mol. The Morgan fingerprint density at radius 2 is 1.90 bits per heavy atom. The molecule has 1 aliphatic carbocycles. The molecule has 0 fully saturated rings. The van der Waals surface area contributed by atoms with Crippen molar-refractivity contribution in [1.29, 1.82) is 15.8 Å². The first-order chi connectivity index (χ1) is 15.0. The van der Waals surface area contributed by atoms with Crippen molar-refractivity contribution in [3.8, 4) is 29.7 Å². The molecule has 7 nitrogen and oxygen atoms in total. The number of fused-ring (bicyclic) bond motifs is 1. The Labute approximate surface area is 183 Å². The lowest BCUT2D eigenvalue weighted by Crippen LogP contribution is -2.47. The van der Waals surface area contributed by atoms with Crippen LogP contribution in [0.3, 0.4) is 0 Å². The summed E-state index contributed by atoms with van der Waals surface area (Å²) < 4.78 is 11.6. The van der Waals surface area contributed by atoms with Gasteiger partial charge >= 0.3 is 0 Å². The van der Waals surface area contributed by atoms with Crippen LogP contribution >= 0.6 is 0 Å². The van der Waals surface area contributed by atoms with Gasteiger partial charge in [-0.3, -0.25) is 0 Å². The van der Waals surface area contributed by atoms with Gasteiger partial charge in [-0.2, -0.15) is 15.8 Å². The van der Waals surface area contributed by atoms with Gasteiger partial charge < -0.3 is 20.1 Å². The predicted octanol–water partition coefficient (Wildman–Crippen LogP) is 3.23. The summed E-state index contributed by atoms with van der Waals surface area (Å²) >= 11 is 0. The largest absolute Gasteiger partial charge is 0.490 e. The highest BCUT2D eigenvalue weighted by Gasteiger charge is 2.54. The van der Waals surface area contributed by atoms with Crippen molar-refractivity contribution >= 4 is 0 Å². The second-order valence-electron chi connectivity index (χ2n) is 7.88. The monoisotopic (exact) mass is 417 g/mol. The molecular weight excluding hydrogens is 390 g/mol. The van der Waals surface area contributed by atoms with E-state index in [9.17, 15) is 15.8 Å². The van der Waals surface area contributed by atoms with Crippen LogP contribution in [0.1, 0.15) is 31.7 Å². The molecule has 1 aromatic carbocycles. The zero-order valence-electron chi connectivity index (χ0n) is 18.2. The van der Waals surface area contributed by atoms with Gasteiger partial charge in [0.25, 0.3) is 0 Å². The molecule has 1 aliphatic heterocycles. The van der Waals surface area contributed by atoms with E-state index in [1.807, 2.05) is 45.2 Å². The average molecular weight is 418 g/mol. The van der Waals surface area contributed by atoms with Crippen LogP contribution in [-0.2, 0) is 0 Å². The number of allylic oxidation sites excluding steroid dienone is 2. The van der Waals surface area contributed by atoms with Crippen LogP contribution in [-0.4, -0.2) is 38.3 Å². The lowest BCUT2D eigenvalue weighted by molar-refractivity contribution is 0.236. The Morgan fingerprint density at radius 3 is 2.52 bits per heavy atom. The lowest BCUT2D eigenvalue weighted by Gasteiger charge is -2.45. The summed E-state index contributed by atoms with van der Waals surface area (Å²) in [4.78, 5) is 2.11. The van der Waals surface area contributed by atoms with E-state index in [1.165, 1.54) is 0 Å². The average Bonchev–Trinajstić information content (AvgIpc) is 2.78. The molecule has 3 rings (SSSR count). The molecular formula is C24H27N5O2. The highest BCUT2D eigenvalue weighted by Crippen LogP contribution is 2.54. The van der Waals surface area contributed by atoms with Crippen molar-refractivity contribution < 1.29 is 9.47 Å². The zero-order chi connectivity index (χ0) is 22.6. The molecule has 0 saturated heterocycles. The first-order valence-electron chi connectivity index (χ1n) is 10.5. The van der Waals surface area contributed by atoms with E-state index >= 15 is 0 Å². The number of benzene rings is 1. The Balaban J connectivity index is 2.23. The number of likely N-dealkylation sites (N-methyl/N-ethyl adjacent to an activating group) is 1. The number of rotatable bonds is 6. The van der Waals surface area contributed by atoms with E-state index in [-0.39, 0.29) is 17.2 Å². The van der Waals surface area contributed by atoms with Crippen molar-refractivity contribution in [2.45, 2.75) is 26.2 Å². The molecule has 160 valence electrons. The lowest BCUT2D eigenvalue weighted by atomic mass is 9.58. The van der Waals surface area contributed by atoms with Gasteiger partial charge in [0.15, 0.2) is 16.9 Å². The Morgan fingerprint density at radius 1 is 1.16 bits per heavy atom. The molecule has 31 heavy (non-hydrogen) atoms. The Hall–Kier alpha value is -3.47. The smallest absolute Gasteiger partial charge is 0.191 e. The van der Waals surface area contributed by atoms with Gasteiger partial charge in [0, 0.05) is 24.9 Å². The van der Waals surface area contributed by atoms with E-state index in [2.05, 4.69) is 23.1 Å². The summed E-state index contributed by atoms with van der Waals surface area (Å²) in [6, 6.07) is 12.0. The molecule has 0 amide bonds. The SMILES string of the molecule is CCCOc1ccc([C@@H]2[C@@H]3CN(C)CC=C3C(C#N)=C(N)C2(C#N)C#N)cc1OCC. The van der Waals surface area contributed by atoms with E-state index < -0.39 is 11.3 Å². The number of hydrogen-bond donors (Lipinski definition) is 1. The van der Waals surface area contributed by atoms with Gasteiger partial charge in [-0.1, -0.05) is 19.1 Å². The molecule has 7 heteroatoms. The van der Waals surface area contributed by atoms with Crippen molar-refractivity contribution in [2.24, 2.45) is 17.1 Å². The topological polar surface area (TPSA) is 119 Å². The van der Waals surface area contributed by atoms with Gasteiger partial charge in [0.05, 0.1) is 36.6 Å². The quantitative estimate of drug-likeness (QED) is 0.754. The number of ether oxygens (including phenoxy) is 2. The number of nitrogens with zero attached hydrogens (tertiary/aromatic N) is 4. The number of hydrogen-bond acceptors (Lipinski definition) is 7. The molecule has 1 heterocycles. The maximum Gasteiger partial charge on any atom is 0.191 e. The molecule has 2 N–H and O–H groups in total. The van der Waals surface area contributed by atoms with Gasteiger partial charge in [0.1, 0.15) is 6.07 Å². The molecule has 0 spiro atoms. The summed E-state index contributed by atoms with van der Waals surface area (Å²) in [5.41, 5.74) is 6.56. The summed E-state index contributed by atoms with van der Waals surface area (Å²) in [6.07, 6.45) is 2.84. The third-order valence-corrected chi connectivity index (χ3v) is 5.94. The minimum absolute atomic E-state index is 0.0290. The summed E-state index contributed by atoms with van der Waals surface area (Å²) in [6.45, 7) is 6.22. The van der Waals surface area contributed by atoms with Crippen molar-refractivity contribution in [2.75, 3.05) is 33.4 Å². The number of nitriles is 3. The summed E-state index contributed by atoms with van der Waals surface area (Å²) in [5.74, 6) is 0.423. The fraction of sp³-hybridized carbons (Fsp3) is 0.458. The van der Waals surface area contributed by atoms with Crippen LogP contribution in [0.5, 0.6) is 11.5 Å². The van der Waals surface area contributed by atoms with Gasteiger partial charge in [0.2, 0.25) is 0 Å². The maximum absolute atomic E-state index is 10.2. The number of nitrogens with two attached hydrogens (primary N) is 1. The van der Waals surface area contributed by atoms with E-state index in [0.717, 1.165) is 17.6 Å². The molecule has 0 unspecified atom stereocenters. The highest BCUT2D eigenvalue weighted by molar-refractivity contribution is 5.60. The maximum atomic E-state index is 10.2. The first-order valence-corrected chi connectivity index (χ1v) is 10.5. The van der Waals surface area contributed by atoms with Gasteiger partial charge in [-0.15, -0.1) is 0 Å². The fourth-order valence-electron chi connectivity index (χ4n) is 4.52. The molecule has 0 aromatic heterocycles. The molecule has 0 bridgehead atoms. The second-order valence-corrected chi connectivity index (χ2v) is 7.88. The minimum Gasteiger partial charge on any atom is -0.490 e. The van der Waals surface area contributed by atoms with E-state index in [1.54, 1.807) is 0 Å². The van der Waals surface area contributed by atoms with Crippen LogP contribution < -0.4 is 15.2 Å². The Kier molecular flexibility index (Phi) is 6.54. The summed E-state index contributed by atoms with van der Waals surface area (Å²) in [7, 11) is 1.98. The van der Waals surface area contributed by atoms with Gasteiger partial charge in [-0.25, -0.2) is 0 Å². The zero-order valence-corrected chi connectivity index (χ0v) is 18.2. The Bertz CT molecular complexity index is 1020. The van der Waals surface area contributed by atoms with Crippen molar-refractivity contribution in [3.63, 3.8) is 0 Å². The van der Waals surface area contributed by atoms with Crippen LogP contribution in [0.15, 0.2) is 41.1 Å². The summed E-state index contributed by atoms with van der Waals surface area (Å²) in [5, 5.41) is 30.1. The first kappa shape index (κ1) is 22.2. The van der Waals surface area contributed by atoms with Crippen LogP contribution in [0.2, 0.25) is 0 Å². The molecule has 0 radical (unpaired) electrons. The minimum atomic E-state index is -1.65. The van der Waals surface area contributed by atoms with E-state index in [0.29, 0.717) is 37.8 Å². The fourth-order valence-corrected chi connectivity index (χ4v) is 4.52. The van der Waals surface area contributed by atoms with E-state index in [4.69, 9.17) is 15.2 Å². The molecule has 2 atom stereocenters. The molecule has 0 saturated carbocycles. The van der Waals surface area contributed by atoms with Crippen LogP contribution in [0, 0.1) is 45.3 Å². The van der Waals surface area contributed by atoms with Crippen LogP contribution in [0.4, 0.5) is 0 Å². The van der Waals surface area contributed by atoms with Crippen molar-refractivity contribution in [3.05, 3.63) is 46.7 Å². The molecule has 1 aromatic rings. The van der Waals surface area contributed by atoms with Gasteiger partial charge in [-0.05, 0) is 43.7 Å².